The molecule has 0 saturated carbocycles. The smallest absolute Gasteiger partial charge is 0.327 e. The van der Waals surface area contributed by atoms with E-state index in [9.17, 15) is 14.9 Å². The van der Waals surface area contributed by atoms with Gasteiger partial charge in [-0.1, -0.05) is 86.4 Å². The summed E-state index contributed by atoms with van der Waals surface area (Å²) in [7, 11) is -2.44. The Kier molecular flexibility index (Phi) is 9.12. The molecule has 28 heavy (non-hydrogen) atoms. The lowest BCUT2D eigenvalue weighted by Gasteiger charge is -2.40. The second kappa shape index (κ2) is 10.00. The van der Waals surface area contributed by atoms with Gasteiger partial charge in [0, 0.05) is 5.41 Å². The molecule has 162 valence electrons. The van der Waals surface area contributed by atoms with E-state index in [-0.39, 0.29) is 17.4 Å². The van der Waals surface area contributed by atoms with Gasteiger partial charge in [-0.15, -0.1) is 0 Å². The lowest BCUT2D eigenvalue weighted by molar-refractivity contribution is -0.0262. The van der Waals surface area contributed by atoms with Crippen molar-refractivity contribution in [1.29, 1.82) is 0 Å². The molecule has 0 aliphatic heterocycles. The van der Waals surface area contributed by atoms with E-state index in [4.69, 9.17) is 4.52 Å². The standard InChI is InChI=1S/C23H41O4P/c1-9-11-14-23(10-2,16-27-28(25)26)20(24)18-13-12-17(21(3,4)5)15-19(18)22(6,7)8/h12-13,15,20,24-26H,9-11,14,16H2,1-8H3. The van der Waals surface area contributed by atoms with Crippen LogP contribution in [0.3, 0.4) is 0 Å². The molecular weight excluding hydrogens is 371 g/mol. The quantitative estimate of drug-likeness (QED) is 0.427. The minimum Gasteiger partial charge on any atom is -0.388 e. The fourth-order valence-corrected chi connectivity index (χ4v) is 4.09. The molecule has 0 amide bonds. The zero-order valence-corrected chi connectivity index (χ0v) is 19.9. The van der Waals surface area contributed by atoms with E-state index >= 15 is 0 Å². The van der Waals surface area contributed by atoms with Gasteiger partial charge in [-0.05, 0) is 40.4 Å². The number of aliphatic hydroxyl groups excluding tert-OH is 1. The molecule has 0 aromatic heterocycles. The van der Waals surface area contributed by atoms with Crippen molar-refractivity contribution in [2.75, 3.05) is 6.61 Å². The maximum Gasteiger partial charge on any atom is 0.327 e. The minimum absolute atomic E-state index is 0.0280. The van der Waals surface area contributed by atoms with Crippen molar-refractivity contribution < 1.29 is 19.4 Å². The molecule has 2 atom stereocenters. The normalized spacial score (nSPS) is 16.3. The van der Waals surface area contributed by atoms with Crippen molar-refractivity contribution in [1.82, 2.24) is 0 Å². The first kappa shape index (κ1) is 25.5. The third-order valence-corrected chi connectivity index (χ3v) is 6.16. The highest BCUT2D eigenvalue weighted by molar-refractivity contribution is 7.39. The lowest BCUT2D eigenvalue weighted by atomic mass is 9.69. The van der Waals surface area contributed by atoms with Gasteiger partial charge in [0.2, 0.25) is 0 Å². The maximum absolute atomic E-state index is 11.6. The zero-order valence-electron chi connectivity index (χ0n) is 19.0. The Morgan fingerprint density at radius 1 is 1.00 bits per heavy atom. The van der Waals surface area contributed by atoms with Crippen molar-refractivity contribution >= 4 is 8.60 Å². The van der Waals surface area contributed by atoms with E-state index in [1.54, 1.807) is 0 Å². The van der Waals surface area contributed by atoms with Gasteiger partial charge in [0.15, 0.2) is 0 Å². The molecule has 1 aromatic rings. The Bertz CT molecular complexity index is 616. The van der Waals surface area contributed by atoms with Crippen molar-refractivity contribution in [3.8, 4) is 0 Å². The van der Waals surface area contributed by atoms with Crippen LogP contribution in [0.1, 0.15) is 104 Å². The molecule has 0 heterocycles. The van der Waals surface area contributed by atoms with E-state index in [0.29, 0.717) is 6.42 Å². The summed E-state index contributed by atoms with van der Waals surface area (Å²) in [5, 5.41) is 11.6. The highest BCUT2D eigenvalue weighted by atomic mass is 31.2. The van der Waals surface area contributed by atoms with Crippen LogP contribution in [0.5, 0.6) is 0 Å². The largest absolute Gasteiger partial charge is 0.388 e. The molecule has 0 aliphatic rings. The molecule has 1 aromatic carbocycles. The molecule has 0 saturated heterocycles. The van der Waals surface area contributed by atoms with Crippen molar-refractivity contribution in [2.24, 2.45) is 5.41 Å². The van der Waals surface area contributed by atoms with Crippen LogP contribution in [-0.4, -0.2) is 21.5 Å². The van der Waals surface area contributed by atoms with E-state index in [2.05, 4.69) is 66.7 Å². The monoisotopic (exact) mass is 412 g/mol. The summed E-state index contributed by atoms with van der Waals surface area (Å²) in [6.07, 6.45) is 2.70. The molecule has 5 heteroatoms. The van der Waals surface area contributed by atoms with Crippen molar-refractivity contribution in [3.05, 3.63) is 34.9 Å². The average Bonchev–Trinajstić information content (AvgIpc) is 2.59. The topological polar surface area (TPSA) is 69.9 Å². The Labute approximate surface area is 173 Å². The van der Waals surface area contributed by atoms with Gasteiger partial charge in [-0.25, -0.2) is 0 Å². The summed E-state index contributed by atoms with van der Waals surface area (Å²) in [6, 6.07) is 6.40. The Morgan fingerprint density at radius 2 is 1.61 bits per heavy atom. The van der Waals surface area contributed by atoms with Gasteiger partial charge in [-0.2, -0.15) is 0 Å². The molecule has 1 rings (SSSR count). The molecule has 2 unspecified atom stereocenters. The van der Waals surface area contributed by atoms with Gasteiger partial charge < -0.3 is 19.4 Å². The first-order valence-electron chi connectivity index (χ1n) is 10.4. The van der Waals surface area contributed by atoms with Crippen LogP contribution in [0.15, 0.2) is 18.2 Å². The van der Waals surface area contributed by atoms with Crippen LogP contribution in [0.4, 0.5) is 0 Å². The SMILES string of the molecule is CCCCC(CC)(COP(O)O)C(O)c1ccc(C(C)(C)C)cc1C(C)(C)C. The van der Waals surface area contributed by atoms with Gasteiger partial charge in [-0.3, -0.25) is 0 Å². The number of benzene rings is 1. The summed E-state index contributed by atoms with van der Waals surface area (Å²) in [5.41, 5.74) is 2.66. The summed E-state index contributed by atoms with van der Waals surface area (Å²) < 4.78 is 5.26. The number of unbranched alkanes of at least 4 members (excludes halogenated alkanes) is 1. The van der Waals surface area contributed by atoms with E-state index in [1.165, 1.54) is 5.56 Å². The molecule has 0 radical (unpaired) electrons. The second-order valence-electron chi connectivity index (χ2n) is 10.1. The number of hydrogen-bond acceptors (Lipinski definition) is 4. The van der Waals surface area contributed by atoms with Gasteiger partial charge >= 0.3 is 8.60 Å². The van der Waals surface area contributed by atoms with Crippen LogP contribution in [0, 0.1) is 5.41 Å². The van der Waals surface area contributed by atoms with Crippen LogP contribution < -0.4 is 0 Å². The van der Waals surface area contributed by atoms with E-state index in [1.807, 2.05) is 6.92 Å². The van der Waals surface area contributed by atoms with E-state index < -0.39 is 20.1 Å². The summed E-state index contributed by atoms with van der Waals surface area (Å²) in [4.78, 5) is 18.6. The minimum atomic E-state index is -2.44. The Morgan fingerprint density at radius 3 is 2.04 bits per heavy atom. The van der Waals surface area contributed by atoms with Crippen LogP contribution in [-0.2, 0) is 15.4 Å². The van der Waals surface area contributed by atoms with Crippen LogP contribution in [0.2, 0.25) is 0 Å². The van der Waals surface area contributed by atoms with Gasteiger partial charge in [0.05, 0.1) is 12.7 Å². The van der Waals surface area contributed by atoms with E-state index in [0.717, 1.165) is 30.4 Å². The fourth-order valence-electron chi connectivity index (χ4n) is 3.72. The molecule has 3 N–H and O–H groups in total. The lowest BCUT2D eigenvalue weighted by Crippen LogP contribution is -2.35. The predicted molar refractivity (Wildman–Crippen MR) is 118 cm³/mol. The number of aliphatic hydroxyl groups is 1. The van der Waals surface area contributed by atoms with Crippen molar-refractivity contribution in [3.63, 3.8) is 0 Å². The third-order valence-electron chi connectivity index (χ3n) is 5.80. The van der Waals surface area contributed by atoms with Gasteiger partial charge in [0.1, 0.15) is 0 Å². The van der Waals surface area contributed by atoms with Crippen LogP contribution >= 0.6 is 8.60 Å². The number of rotatable bonds is 9. The molecule has 0 spiro atoms. The molecule has 0 aliphatic carbocycles. The van der Waals surface area contributed by atoms with Crippen molar-refractivity contribution in [2.45, 2.75) is 98.0 Å². The van der Waals surface area contributed by atoms with Gasteiger partial charge in [0.25, 0.3) is 0 Å². The Balaban J connectivity index is 3.50. The average molecular weight is 413 g/mol. The second-order valence-corrected chi connectivity index (χ2v) is 10.8. The molecule has 0 bridgehead atoms. The Hall–Kier alpha value is -0.510. The molecule has 4 nitrogen and oxygen atoms in total. The first-order chi connectivity index (χ1) is 12.8. The number of hydrogen-bond donors (Lipinski definition) is 3. The summed E-state index contributed by atoms with van der Waals surface area (Å²) >= 11 is 0. The maximum atomic E-state index is 11.6. The summed E-state index contributed by atoms with van der Waals surface area (Å²) in [5.74, 6) is 0. The molecule has 0 fully saturated rings. The summed E-state index contributed by atoms with van der Waals surface area (Å²) in [6.45, 7) is 17.4. The third kappa shape index (κ3) is 6.50. The first-order valence-corrected chi connectivity index (χ1v) is 11.6. The highest BCUT2D eigenvalue weighted by Gasteiger charge is 2.40. The van der Waals surface area contributed by atoms with Crippen LogP contribution in [0.25, 0.3) is 0 Å². The fraction of sp³-hybridized carbons (Fsp3) is 0.739. The highest BCUT2D eigenvalue weighted by Crippen LogP contribution is 2.47. The zero-order chi connectivity index (χ0) is 21.8. The predicted octanol–water partition coefficient (Wildman–Crippen LogP) is 6.13. The molecular formula is C23H41O4P.